The first-order chi connectivity index (χ1) is 10.5. The molecule has 0 heterocycles. The van der Waals surface area contributed by atoms with Gasteiger partial charge in [0.25, 0.3) is 5.91 Å². The van der Waals surface area contributed by atoms with Crippen LogP contribution in [0.1, 0.15) is 16.7 Å². The topological polar surface area (TPSA) is 73.1 Å². The lowest BCUT2D eigenvalue weighted by molar-refractivity contribution is -0.112. The van der Waals surface area contributed by atoms with Gasteiger partial charge in [-0.25, -0.2) is 0 Å². The predicted molar refractivity (Wildman–Crippen MR) is 86.2 cm³/mol. The summed E-state index contributed by atoms with van der Waals surface area (Å²) < 4.78 is 0. The summed E-state index contributed by atoms with van der Waals surface area (Å²) in [4.78, 5) is 12.1. The quantitative estimate of drug-likeness (QED) is 0.671. The zero-order chi connectivity index (χ0) is 16.1. The first-order valence-electron chi connectivity index (χ1n) is 6.79. The number of aromatic hydroxyl groups is 1. The highest BCUT2D eigenvalue weighted by atomic mass is 16.3. The summed E-state index contributed by atoms with van der Waals surface area (Å²) in [7, 11) is 0. The van der Waals surface area contributed by atoms with E-state index in [9.17, 15) is 15.2 Å². The minimum absolute atomic E-state index is 0.00772. The molecule has 2 aromatic rings. The fourth-order valence-corrected chi connectivity index (χ4v) is 2.11. The van der Waals surface area contributed by atoms with Crippen LogP contribution in [0.5, 0.6) is 5.75 Å². The van der Waals surface area contributed by atoms with Crippen LogP contribution in [0, 0.1) is 25.2 Å². The van der Waals surface area contributed by atoms with Crippen LogP contribution in [0.2, 0.25) is 0 Å². The monoisotopic (exact) mass is 292 g/mol. The number of amides is 1. The number of nitrogens with zero attached hydrogens (tertiary/aromatic N) is 1. The molecule has 4 nitrogen and oxygen atoms in total. The molecule has 1 amide bonds. The summed E-state index contributed by atoms with van der Waals surface area (Å²) in [5, 5.41) is 21.6. The molecule has 0 atom stereocenters. The molecule has 2 N–H and O–H groups in total. The number of hydrogen-bond acceptors (Lipinski definition) is 3. The van der Waals surface area contributed by atoms with E-state index in [1.54, 1.807) is 50.2 Å². The molecule has 0 aliphatic heterocycles. The number of rotatable bonds is 3. The summed E-state index contributed by atoms with van der Waals surface area (Å²) in [5.74, 6) is -0.235. The van der Waals surface area contributed by atoms with Gasteiger partial charge < -0.3 is 10.4 Å². The molecule has 4 heteroatoms. The Hall–Kier alpha value is -3.06. The Morgan fingerprint density at radius 1 is 1.18 bits per heavy atom. The van der Waals surface area contributed by atoms with Crippen molar-refractivity contribution in [2.75, 3.05) is 5.32 Å². The second kappa shape index (κ2) is 6.59. The number of nitrogens with one attached hydrogen (secondary N) is 1. The van der Waals surface area contributed by atoms with Crippen LogP contribution < -0.4 is 5.32 Å². The second-order valence-corrected chi connectivity index (χ2v) is 4.99. The van der Waals surface area contributed by atoms with Crippen molar-refractivity contribution in [2.24, 2.45) is 0 Å². The molecule has 0 aliphatic carbocycles. The molecule has 2 rings (SSSR count). The molecule has 0 aliphatic rings. The van der Waals surface area contributed by atoms with Crippen LogP contribution >= 0.6 is 0 Å². The van der Waals surface area contributed by atoms with Gasteiger partial charge in [0, 0.05) is 5.69 Å². The molecule has 2 aromatic carbocycles. The average molecular weight is 292 g/mol. The van der Waals surface area contributed by atoms with E-state index in [0.717, 1.165) is 0 Å². The largest absolute Gasteiger partial charge is 0.507 e. The molecule has 0 radical (unpaired) electrons. The third-order valence-corrected chi connectivity index (χ3v) is 3.22. The van der Waals surface area contributed by atoms with Gasteiger partial charge in [0.05, 0.1) is 0 Å². The number of para-hydroxylation sites is 1. The van der Waals surface area contributed by atoms with Crippen LogP contribution in [0.4, 0.5) is 5.69 Å². The van der Waals surface area contributed by atoms with Gasteiger partial charge in [-0.2, -0.15) is 5.26 Å². The summed E-state index contributed by atoms with van der Waals surface area (Å²) >= 11 is 0. The first kappa shape index (κ1) is 15.3. The number of phenols is 1. The lowest BCUT2D eigenvalue weighted by atomic mass is 10.0. The number of hydrogen-bond donors (Lipinski definition) is 2. The van der Waals surface area contributed by atoms with E-state index in [1.165, 1.54) is 6.08 Å². The molecule has 0 saturated carbocycles. The maximum atomic E-state index is 12.1. The van der Waals surface area contributed by atoms with Crippen molar-refractivity contribution < 1.29 is 9.90 Å². The van der Waals surface area contributed by atoms with Crippen molar-refractivity contribution in [2.45, 2.75) is 13.8 Å². The Morgan fingerprint density at radius 3 is 2.32 bits per heavy atom. The highest BCUT2D eigenvalue weighted by molar-refractivity contribution is 6.09. The highest BCUT2D eigenvalue weighted by Crippen LogP contribution is 2.24. The first-order valence-corrected chi connectivity index (χ1v) is 6.79. The van der Waals surface area contributed by atoms with Gasteiger partial charge in [-0.3, -0.25) is 4.79 Å². The van der Waals surface area contributed by atoms with E-state index < -0.39 is 5.91 Å². The molecule has 0 saturated heterocycles. The maximum Gasteiger partial charge on any atom is 0.266 e. The number of phenolic OH excluding ortho intramolecular Hbond substituents is 1. The Bertz CT molecular complexity index is 748. The summed E-state index contributed by atoms with van der Waals surface area (Å²) in [6, 6.07) is 14.3. The van der Waals surface area contributed by atoms with Gasteiger partial charge in [-0.05, 0) is 60.9 Å². The van der Waals surface area contributed by atoms with Crippen LogP contribution in [-0.2, 0) is 4.79 Å². The molecule has 22 heavy (non-hydrogen) atoms. The zero-order valence-corrected chi connectivity index (χ0v) is 12.4. The molecular weight excluding hydrogens is 276 g/mol. The van der Waals surface area contributed by atoms with Gasteiger partial charge >= 0.3 is 0 Å². The third kappa shape index (κ3) is 3.53. The van der Waals surface area contributed by atoms with Crippen LogP contribution in [0.25, 0.3) is 6.08 Å². The molecule has 0 spiro atoms. The Balaban J connectivity index is 2.28. The lowest BCUT2D eigenvalue weighted by Crippen LogP contribution is -2.13. The van der Waals surface area contributed by atoms with E-state index in [-0.39, 0.29) is 11.3 Å². The van der Waals surface area contributed by atoms with Gasteiger partial charge in [0.2, 0.25) is 0 Å². The fourth-order valence-electron chi connectivity index (χ4n) is 2.11. The van der Waals surface area contributed by atoms with Gasteiger partial charge in [-0.15, -0.1) is 0 Å². The number of nitriles is 1. The SMILES string of the molecule is Cc1cc(/C=C(\C#N)C(=O)Nc2ccccc2)cc(C)c1O. The zero-order valence-electron chi connectivity index (χ0n) is 12.4. The number of benzene rings is 2. The van der Waals surface area contributed by atoms with Crippen LogP contribution in [-0.4, -0.2) is 11.0 Å². The average Bonchev–Trinajstić information content (AvgIpc) is 2.51. The molecule has 110 valence electrons. The Labute approximate surface area is 129 Å². The Kier molecular flexibility index (Phi) is 4.60. The molecule has 0 aromatic heterocycles. The van der Waals surface area contributed by atoms with Crippen LogP contribution in [0.3, 0.4) is 0 Å². The Morgan fingerprint density at radius 2 is 1.77 bits per heavy atom. The smallest absolute Gasteiger partial charge is 0.266 e. The van der Waals surface area contributed by atoms with Gasteiger partial charge in [0.1, 0.15) is 17.4 Å². The van der Waals surface area contributed by atoms with E-state index in [2.05, 4.69) is 5.32 Å². The van der Waals surface area contributed by atoms with Gasteiger partial charge in [-0.1, -0.05) is 18.2 Å². The number of aryl methyl sites for hydroxylation is 2. The number of carbonyl (C=O) groups is 1. The molecule has 0 unspecified atom stereocenters. The standard InChI is InChI=1S/C18H16N2O2/c1-12-8-14(9-13(2)17(12)21)10-15(11-19)18(22)20-16-6-4-3-5-7-16/h3-10,21H,1-2H3,(H,20,22)/b15-10+. The molecule has 0 bridgehead atoms. The summed E-state index contributed by atoms with van der Waals surface area (Å²) in [5.41, 5.74) is 2.74. The second-order valence-electron chi connectivity index (χ2n) is 4.99. The van der Waals surface area contributed by atoms with Crippen molar-refractivity contribution in [3.63, 3.8) is 0 Å². The van der Waals surface area contributed by atoms with Gasteiger partial charge in [0.15, 0.2) is 0 Å². The summed E-state index contributed by atoms with van der Waals surface area (Å²) in [6.45, 7) is 3.55. The number of carbonyl (C=O) groups excluding carboxylic acids is 1. The third-order valence-electron chi connectivity index (χ3n) is 3.22. The highest BCUT2D eigenvalue weighted by Gasteiger charge is 2.10. The minimum atomic E-state index is -0.461. The van der Waals surface area contributed by atoms with Crippen molar-refractivity contribution in [1.82, 2.24) is 0 Å². The normalized spacial score (nSPS) is 10.9. The van der Waals surface area contributed by atoms with E-state index >= 15 is 0 Å². The van der Waals surface area contributed by atoms with Crippen molar-refractivity contribution >= 4 is 17.7 Å². The van der Waals surface area contributed by atoms with Crippen molar-refractivity contribution in [3.05, 3.63) is 64.7 Å². The van der Waals surface area contributed by atoms with Crippen molar-refractivity contribution in [1.29, 1.82) is 5.26 Å². The number of anilines is 1. The van der Waals surface area contributed by atoms with E-state index in [4.69, 9.17) is 0 Å². The predicted octanol–water partition coefficient (Wildman–Crippen LogP) is 3.55. The van der Waals surface area contributed by atoms with Crippen molar-refractivity contribution in [3.8, 4) is 11.8 Å². The van der Waals surface area contributed by atoms with E-state index in [0.29, 0.717) is 22.4 Å². The minimum Gasteiger partial charge on any atom is -0.507 e. The van der Waals surface area contributed by atoms with Crippen LogP contribution in [0.15, 0.2) is 48.0 Å². The molecular formula is C18H16N2O2. The summed E-state index contributed by atoms with van der Waals surface area (Å²) in [6.07, 6.45) is 1.51. The lowest BCUT2D eigenvalue weighted by Gasteiger charge is -2.06. The maximum absolute atomic E-state index is 12.1. The fraction of sp³-hybridized carbons (Fsp3) is 0.111. The van der Waals surface area contributed by atoms with E-state index in [1.807, 2.05) is 12.1 Å². The molecule has 0 fully saturated rings.